The highest BCUT2D eigenvalue weighted by molar-refractivity contribution is 6.33. The van der Waals surface area contributed by atoms with Crippen LogP contribution < -0.4 is 5.32 Å². The van der Waals surface area contributed by atoms with Crippen LogP contribution in [0.15, 0.2) is 78.9 Å². The Kier molecular flexibility index (Phi) is 3.85. The van der Waals surface area contributed by atoms with Crippen LogP contribution in [0, 0.1) is 0 Å². The smallest absolute Gasteiger partial charge is 0.161 e. The minimum atomic E-state index is 0.649. The van der Waals surface area contributed by atoms with Crippen molar-refractivity contribution in [3.8, 4) is 11.3 Å². The van der Waals surface area contributed by atoms with Crippen molar-refractivity contribution in [2.24, 2.45) is 0 Å². The molecule has 0 saturated heterocycles. The Hall–Kier alpha value is -2.91. The summed E-state index contributed by atoms with van der Waals surface area (Å²) in [6.45, 7) is 0. The molecule has 0 fully saturated rings. The summed E-state index contributed by atoms with van der Waals surface area (Å²) in [5.74, 6) is 0.693. The second-order valence-electron chi connectivity index (χ2n) is 5.41. The van der Waals surface area contributed by atoms with Crippen molar-refractivity contribution in [1.82, 2.24) is 10.2 Å². The first-order valence-corrected chi connectivity index (χ1v) is 8.03. The van der Waals surface area contributed by atoms with Crippen LogP contribution in [0.25, 0.3) is 22.0 Å². The van der Waals surface area contributed by atoms with Crippen molar-refractivity contribution >= 4 is 33.9 Å². The molecule has 0 atom stereocenters. The van der Waals surface area contributed by atoms with Gasteiger partial charge < -0.3 is 5.32 Å². The van der Waals surface area contributed by atoms with E-state index in [9.17, 15) is 0 Å². The maximum atomic E-state index is 6.24. The van der Waals surface area contributed by atoms with Crippen LogP contribution in [-0.2, 0) is 0 Å². The fraction of sp³-hybridized carbons (Fsp3) is 0. The van der Waals surface area contributed by atoms with E-state index < -0.39 is 0 Å². The van der Waals surface area contributed by atoms with Crippen LogP contribution in [0.5, 0.6) is 0 Å². The van der Waals surface area contributed by atoms with Crippen LogP contribution in [0.1, 0.15) is 0 Å². The molecule has 0 bridgehead atoms. The molecule has 4 aromatic rings. The van der Waals surface area contributed by atoms with Gasteiger partial charge in [-0.05, 0) is 12.1 Å². The number of hydrogen-bond donors (Lipinski definition) is 1. The molecule has 1 heterocycles. The molecule has 1 aromatic heterocycles. The van der Waals surface area contributed by atoms with Crippen LogP contribution >= 0.6 is 11.6 Å². The summed E-state index contributed by atoms with van der Waals surface area (Å²) in [5.41, 5.74) is 2.73. The third-order valence-electron chi connectivity index (χ3n) is 3.86. The van der Waals surface area contributed by atoms with Gasteiger partial charge in [0.2, 0.25) is 0 Å². The number of fused-ring (bicyclic) bond motifs is 1. The summed E-state index contributed by atoms with van der Waals surface area (Å²) >= 11 is 6.24. The maximum Gasteiger partial charge on any atom is 0.161 e. The molecule has 0 radical (unpaired) electrons. The first-order valence-electron chi connectivity index (χ1n) is 7.65. The Morgan fingerprint density at radius 3 is 2.12 bits per heavy atom. The van der Waals surface area contributed by atoms with Crippen molar-refractivity contribution in [1.29, 1.82) is 0 Å². The third kappa shape index (κ3) is 2.70. The van der Waals surface area contributed by atoms with E-state index in [1.54, 1.807) is 0 Å². The number of aromatic nitrogens is 2. The summed E-state index contributed by atoms with van der Waals surface area (Å²) in [6, 6.07) is 25.8. The van der Waals surface area contributed by atoms with Crippen LogP contribution in [0.3, 0.4) is 0 Å². The summed E-state index contributed by atoms with van der Waals surface area (Å²) in [5, 5.41) is 14.8. The van der Waals surface area contributed by atoms with Crippen molar-refractivity contribution < 1.29 is 0 Å². The zero-order valence-electron chi connectivity index (χ0n) is 12.8. The number of para-hydroxylation sites is 1. The molecule has 116 valence electrons. The van der Waals surface area contributed by atoms with E-state index in [-0.39, 0.29) is 0 Å². The molecule has 24 heavy (non-hydrogen) atoms. The first-order chi connectivity index (χ1) is 11.8. The summed E-state index contributed by atoms with van der Waals surface area (Å²) < 4.78 is 0. The van der Waals surface area contributed by atoms with Gasteiger partial charge in [-0.25, -0.2) is 0 Å². The van der Waals surface area contributed by atoms with E-state index in [4.69, 9.17) is 11.6 Å². The second kappa shape index (κ2) is 6.30. The summed E-state index contributed by atoms with van der Waals surface area (Å²) in [4.78, 5) is 0. The van der Waals surface area contributed by atoms with Gasteiger partial charge >= 0.3 is 0 Å². The summed E-state index contributed by atoms with van der Waals surface area (Å²) in [7, 11) is 0. The van der Waals surface area contributed by atoms with Gasteiger partial charge in [-0.2, -0.15) is 0 Å². The van der Waals surface area contributed by atoms with Crippen molar-refractivity contribution in [2.75, 3.05) is 5.32 Å². The van der Waals surface area contributed by atoms with E-state index in [0.717, 1.165) is 27.7 Å². The lowest BCUT2D eigenvalue weighted by Crippen LogP contribution is -1.99. The normalized spacial score (nSPS) is 10.7. The predicted octanol–water partition coefficient (Wildman–Crippen LogP) is 5.69. The Labute approximate surface area is 144 Å². The Morgan fingerprint density at radius 2 is 1.33 bits per heavy atom. The standard InChI is InChI=1S/C20H14ClN3/c21-17-12-6-7-13-18(17)22-20-16-11-5-4-10-15(16)19(23-24-20)14-8-2-1-3-9-14/h1-13H,(H,22,24). The lowest BCUT2D eigenvalue weighted by molar-refractivity contribution is 1.06. The molecule has 3 aromatic carbocycles. The van der Waals surface area contributed by atoms with E-state index in [0.29, 0.717) is 10.8 Å². The van der Waals surface area contributed by atoms with Gasteiger partial charge in [-0.1, -0.05) is 78.3 Å². The van der Waals surface area contributed by atoms with Crippen LogP contribution in [0.2, 0.25) is 5.02 Å². The molecular weight excluding hydrogens is 318 g/mol. The van der Waals surface area contributed by atoms with E-state index in [2.05, 4.69) is 21.6 Å². The van der Waals surface area contributed by atoms with E-state index >= 15 is 0 Å². The SMILES string of the molecule is Clc1ccccc1Nc1nnc(-c2ccccc2)c2ccccc12. The van der Waals surface area contributed by atoms with Crippen molar-refractivity contribution in [3.05, 3.63) is 83.9 Å². The molecule has 0 unspecified atom stereocenters. The zero-order chi connectivity index (χ0) is 16.4. The lowest BCUT2D eigenvalue weighted by Gasteiger charge is -2.12. The predicted molar refractivity (Wildman–Crippen MR) is 99.7 cm³/mol. The number of hydrogen-bond acceptors (Lipinski definition) is 3. The first kappa shape index (κ1) is 14.7. The fourth-order valence-electron chi connectivity index (χ4n) is 2.70. The Morgan fingerprint density at radius 1 is 0.667 bits per heavy atom. The number of nitrogens with one attached hydrogen (secondary N) is 1. The molecule has 0 aliphatic heterocycles. The Bertz CT molecular complexity index is 1000. The molecule has 0 spiro atoms. The molecule has 3 nitrogen and oxygen atoms in total. The zero-order valence-corrected chi connectivity index (χ0v) is 13.5. The highest BCUT2D eigenvalue weighted by Crippen LogP contribution is 2.32. The summed E-state index contributed by atoms with van der Waals surface area (Å²) in [6.07, 6.45) is 0. The molecule has 4 heteroatoms. The van der Waals surface area contributed by atoms with Gasteiger partial charge in [-0.3, -0.25) is 0 Å². The number of benzene rings is 3. The molecule has 4 rings (SSSR count). The van der Waals surface area contributed by atoms with Gasteiger partial charge in [0.25, 0.3) is 0 Å². The highest BCUT2D eigenvalue weighted by atomic mass is 35.5. The van der Waals surface area contributed by atoms with Gasteiger partial charge in [0.15, 0.2) is 5.82 Å². The molecule has 0 aliphatic carbocycles. The number of anilines is 2. The minimum absolute atomic E-state index is 0.649. The maximum absolute atomic E-state index is 6.24. The van der Waals surface area contributed by atoms with Crippen molar-refractivity contribution in [3.63, 3.8) is 0 Å². The number of rotatable bonds is 3. The molecule has 0 aliphatic rings. The van der Waals surface area contributed by atoms with E-state index in [1.807, 2.05) is 72.8 Å². The largest absolute Gasteiger partial charge is 0.337 e. The van der Waals surface area contributed by atoms with Gasteiger partial charge in [-0.15, -0.1) is 10.2 Å². The van der Waals surface area contributed by atoms with Crippen molar-refractivity contribution in [2.45, 2.75) is 0 Å². The third-order valence-corrected chi connectivity index (χ3v) is 4.19. The van der Waals surface area contributed by atoms with Gasteiger partial charge in [0.1, 0.15) is 5.69 Å². The molecular formula is C20H14ClN3. The van der Waals surface area contributed by atoms with Gasteiger partial charge in [0, 0.05) is 16.3 Å². The van der Waals surface area contributed by atoms with E-state index in [1.165, 1.54) is 0 Å². The fourth-order valence-corrected chi connectivity index (χ4v) is 2.88. The van der Waals surface area contributed by atoms with Crippen LogP contribution in [0.4, 0.5) is 11.5 Å². The minimum Gasteiger partial charge on any atom is -0.337 e. The average Bonchev–Trinajstić information content (AvgIpc) is 2.64. The monoisotopic (exact) mass is 331 g/mol. The van der Waals surface area contributed by atoms with Crippen LogP contribution in [-0.4, -0.2) is 10.2 Å². The average molecular weight is 332 g/mol. The molecule has 0 amide bonds. The number of halogens is 1. The van der Waals surface area contributed by atoms with Gasteiger partial charge in [0.05, 0.1) is 10.7 Å². The number of nitrogens with zero attached hydrogens (tertiary/aromatic N) is 2. The topological polar surface area (TPSA) is 37.8 Å². The lowest BCUT2D eigenvalue weighted by atomic mass is 10.0. The highest BCUT2D eigenvalue weighted by Gasteiger charge is 2.11. The quantitative estimate of drug-likeness (QED) is 0.523. The Balaban J connectivity index is 1.86. The molecule has 0 saturated carbocycles. The molecule has 1 N–H and O–H groups in total. The second-order valence-corrected chi connectivity index (χ2v) is 5.82.